The minimum atomic E-state index is -0.492. The van der Waals surface area contributed by atoms with E-state index >= 15 is 0 Å². The highest BCUT2D eigenvalue weighted by Gasteiger charge is 2.34. The molecule has 1 heterocycles. The van der Waals surface area contributed by atoms with Gasteiger partial charge in [0.2, 0.25) is 0 Å². The van der Waals surface area contributed by atoms with Crippen molar-refractivity contribution < 1.29 is 14.3 Å². The Balaban J connectivity index is 1.94. The molecule has 116 valence electrons. The molecule has 0 radical (unpaired) electrons. The number of para-hydroxylation sites is 1. The molecule has 0 bridgehead atoms. The van der Waals surface area contributed by atoms with Crippen molar-refractivity contribution in [1.82, 2.24) is 5.32 Å². The summed E-state index contributed by atoms with van der Waals surface area (Å²) < 4.78 is 11.2. The Morgan fingerprint density at radius 3 is 2.76 bits per heavy atom. The maximum Gasteiger partial charge on any atom is 0.326 e. The SMILES string of the molecule is CC(C)(C)OC(=O)C1NCCOC1CNc1ccccc1. The second-order valence-corrected chi connectivity index (χ2v) is 6.12. The third-order valence-electron chi connectivity index (χ3n) is 3.11. The first-order valence-corrected chi connectivity index (χ1v) is 7.32. The number of ether oxygens (including phenoxy) is 2. The van der Waals surface area contributed by atoms with E-state index in [0.29, 0.717) is 19.7 Å². The highest BCUT2D eigenvalue weighted by molar-refractivity contribution is 5.77. The van der Waals surface area contributed by atoms with E-state index in [0.717, 1.165) is 5.69 Å². The van der Waals surface area contributed by atoms with E-state index < -0.39 is 11.6 Å². The van der Waals surface area contributed by atoms with Crippen LogP contribution in [0.4, 0.5) is 5.69 Å². The summed E-state index contributed by atoms with van der Waals surface area (Å²) >= 11 is 0. The van der Waals surface area contributed by atoms with Gasteiger partial charge < -0.3 is 14.8 Å². The summed E-state index contributed by atoms with van der Waals surface area (Å²) in [7, 11) is 0. The number of benzene rings is 1. The van der Waals surface area contributed by atoms with Gasteiger partial charge >= 0.3 is 5.97 Å². The molecule has 2 unspecified atom stereocenters. The molecule has 0 aliphatic carbocycles. The van der Waals surface area contributed by atoms with E-state index in [4.69, 9.17) is 9.47 Å². The van der Waals surface area contributed by atoms with Crippen molar-refractivity contribution in [2.75, 3.05) is 25.0 Å². The average molecular weight is 292 g/mol. The van der Waals surface area contributed by atoms with E-state index in [1.54, 1.807) is 0 Å². The molecule has 1 aliphatic rings. The van der Waals surface area contributed by atoms with Crippen molar-refractivity contribution in [3.63, 3.8) is 0 Å². The molecular formula is C16H24N2O3. The summed E-state index contributed by atoms with van der Waals surface area (Å²) in [6.45, 7) is 7.41. The van der Waals surface area contributed by atoms with Gasteiger partial charge in [-0.15, -0.1) is 0 Å². The van der Waals surface area contributed by atoms with Crippen LogP contribution in [-0.4, -0.2) is 43.4 Å². The number of carbonyl (C=O) groups excluding carboxylic acids is 1. The Labute approximate surface area is 126 Å². The molecule has 0 aromatic heterocycles. The van der Waals surface area contributed by atoms with Crippen molar-refractivity contribution in [2.24, 2.45) is 0 Å². The van der Waals surface area contributed by atoms with E-state index in [9.17, 15) is 4.79 Å². The van der Waals surface area contributed by atoms with Crippen molar-refractivity contribution in [3.8, 4) is 0 Å². The molecule has 5 heteroatoms. The van der Waals surface area contributed by atoms with Crippen molar-refractivity contribution >= 4 is 11.7 Å². The van der Waals surface area contributed by atoms with Crippen LogP contribution in [0.5, 0.6) is 0 Å². The van der Waals surface area contributed by atoms with Crippen LogP contribution in [0.2, 0.25) is 0 Å². The highest BCUT2D eigenvalue weighted by Crippen LogP contribution is 2.14. The zero-order valence-corrected chi connectivity index (χ0v) is 12.9. The molecule has 1 fully saturated rings. The van der Waals surface area contributed by atoms with Gasteiger partial charge in [0.1, 0.15) is 17.7 Å². The van der Waals surface area contributed by atoms with Crippen molar-refractivity contribution in [1.29, 1.82) is 0 Å². The second kappa shape index (κ2) is 6.91. The van der Waals surface area contributed by atoms with Crippen LogP contribution in [0.3, 0.4) is 0 Å². The number of nitrogens with one attached hydrogen (secondary N) is 2. The smallest absolute Gasteiger partial charge is 0.326 e. The van der Waals surface area contributed by atoms with Gasteiger partial charge in [0.05, 0.1) is 6.61 Å². The van der Waals surface area contributed by atoms with Crippen LogP contribution in [-0.2, 0) is 14.3 Å². The molecule has 1 aromatic rings. The fourth-order valence-corrected chi connectivity index (χ4v) is 2.20. The van der Waals surface area contributed by atoms with Crippen LogP contribution < -0.4 is 10.6 Å². The fraction of sp³-hybridized carbons (Fsp3) is 0.562. The zero-order valence-electron chi connectivity index (χ0n) is 12.9. The first-order chi connectivity index (χ1) is 9.96. The lowest BCUT2D eigenvalue weighted by molar-refractivity contribution is -0.163. The lowest BCUT2D eigenvalue weighted by atomic mass is 10.1. The number of esters is 1. The Kier molecular flexibility index (Phi) is 5.20. The van der Waals surface area contributed by atoms with Crippen LogP contribution in [0.1, 0.15) is 20.8 Å². The van der Waals surface area contributed by atoms with Crippen molar-refractivity contribution in [2.45, 2.75) is 38.5 Å². The van der Waals surface area contributed by atoms with Gasteiger partial charge in [-0.05, 0) is 32.9 Å². The summed E-state index contributed by atoms with van der Waals surface area (Å²) in [5.74, 6) is -0.262. The molecule has 1 aromatic carbocycles. The minimum absolute atomic E-state index is 0.242. The topological polar surface area (TPSA) is 59.6 Å². The Hall–Kier alpha value is -1.59. The monoisotopic (exact) mass is 292 g/mol. The molecule has 0 amide bonds. The van der Waals surface area contributed by atoms with E-state index in [2.05, 4.69) is 10.6 Å². The summed E-state index contributed by atoms with van der Waals surface area (Å²) in [6.07, 6.45) is -0.242. The lowest BCUT2D eigenvalue weighted by Gasteiger charge is -2.33. The summed E-state index contributed by atoms with van der Waals surface area (Å²) in [6, 6.07) is 9.43. The van der Waals surface area contributed by atoms with Crippen LogP contribution in [0, 0.1) is 0 Å². The van der Waals surface area contributed by atoms with Gasteiger partial charge in [0.15, 0.2) is 0 Å². The summed E-state index contributed by atoms with van der Waals surface area (Å²) in [4.78, 5) is 12.2. The Morgan fingerprint density at radius 1 is 1.38 bits per heavy atom. The molecule has 21 heavy (non-hydrogen) atoms. The normalized spacial score (nSPS) is 22.6. The second-order valence-electron chi connectivity index (χ2n) is 6.12. The number of hydrogen-bond donors (Lipinski definition) is 2. The molecule has 2 atom stereocenters. The summed E-state index contributed by atoms with van der Waals surface area (Å²) in [5.41, 5.74) is 0.516. The number of hydrogen-bond acceptors (Lipinski definition) is 5. The quantitative estimate of drug-likeness (QED) is 0.829. The van der Waals surface area contributed by atoms with Crippen LogP contribution >= 0.6 is 0 Å². The number of carbonyl (C=O) groups is 1. The van der Waals surface area contributed by atoms with Crippen molar-refractivity contribution in [3.05, 3.63) is 30.3 Å². The molecule has 1 saturated heterocycles. The third kappa shape index (κ3) is 5.02. The van der Waals surface area contributed by atoms with E-state index in [-0.39, 0.29) is 12.1 Å². The first kappa shape index (κ1) is 15.8. The maximum atomic E-state index is 12.2. The predicted molar refractivity (Wildman–Crippen MR) is 82.3 cm³/mol. The summed E-state index contributed by atoms with van der Waals surface area (Å²) in [5, 5.41) is 6.48. The molecule has 0 saturated carbocycles. The van der Waals surface area contributed by atoms with Crippen LogP contribution in [0.15, 0.2) is 30.3 Å². The number of anilines is 1. The molecule has 2 rings (SSSR count). The van der Waals surface area contributed by atoms with Gasteiger partial charge in [-0.2, -0.15) is 0 Å². The Morgan fingerprint density at radius 2 is 2.10 bits per heavy atom. The van der Waals surface area contributed by atoms with Gasteiger partial charge in [0, 0.05) is 18.8 Å². The maximum absolute atomic E-state index is 12.2. The molecular weight excluding hydrogens is 268 g/mol. The van der Waals surface area contributed by atoms with Gasteiger partial charge in [0.25, 0.3) is 0 Å². The van der Waals surface area contributed by atoms with Gasteiger partial charge in [-0.3, -0.25) is 10.1 Å². The third-order valence-corrected chi connectivity index (χ3v) is 3.11. The lowest BCUT2D eigenvalue weighted by Crippen LogP contribution is -2.56. The molecule has 5 nitrogen and oxygen atoms in total. The zero-order chi connectivity index (χ0) is 15.3. The number of morpholine rings is 1. The standard InChI is InChI=1S/C16H24N2O3/c1-16(2,3)21-15(19)14-13(20-10-9-17-14)11-18-12-7-5-4-6-8-12/h4-8,13-14,17-18H,9-11H2,1-3H3. The predicted octanol–water partition coefficient (Wildman–Crippen LogP) is 1.80. The van der Waals surface area contributed by atoms with Gasteiger partial charge in [-0.25, -0.2) is 0 Å². The molecule has 2 N–H and O–H groups in total. The molecule has 0 spiro atoms. The van der Waals surface area contributed by atoms with Crippen LogP contribution in [0.25, 0.3) is 0 Å². The number of rotatable bonds is 4. The minimum Gasteiger partial charge on any atom is -0.459 e. The fourth-order valence-electron chi connectivity index (χ4n) is 2.20. The van der Waals surface area contributed by atoms with Gasteiger partial charge in [-0.1, -0.05) is 18.2 Å². The highest BCUT2D eigenvalue weighted by atomic mass is 16.6. The molecule has 1 aliphatic heterocycles. The first-order valence-electron chi connectivity index (χ1n) is 7.32. The van der Waals surface area contributed by atoms with E-state index in [1.165, 1.54) is 0 Å². The largest absolute Gasteiger partial charge is 0.459 e. The van der Waals surface area contributed by atoms with E-state index in [1.807, 2.05) is 51.1 Å². The average Bonchev–Trinajstić information content (AvgIpc) is 2.45. The Bertz CT molecular complexity index is 456.